The minimum Gasteiger partial charge on any atom is -0.465 e. The molecule has 1 aromatic carbocycles. The first kappa shape index (κ1) is 14.7. The first-order valence-electron chi connectivity index (χ1n) is 4.85. The van der Waals surface area contributed by atoms with Crippen LogP contribution >= 0.6 is 21.9 Å². The van der Waals surface area contributed by atoms with E-state index in [0.29, 0.717) is 0 Å². The molecule has 0 saturated carbocycles. The number of ether oxygens (including phenoxy) is 1. The molecule has 0 aromatic heterocycles. The molecule has 0 radical (unpaired) electrons. The van der Waals surface area contributed by atoms with Crippen LogP contribution < -0.4 is 4.74 Å². The summed E-state index contributed by atoms with van der Waals surface area (Å²) in [6, 6.07) is 7.98. The van der Waals surface area contributed by atoms with Gasteiger partial charge in [-0.15, -0.1) is 12.4 Å². The van der Waals surface area contributed by atoms with Crippen LogP contribution in [0.1, 0.15) is 25.3 Å². The molecule has 86 valence electrons. The molecular formula is C11H18ClO2P. The van der Waals surface area contributed by atoms with Crippen LogP contribution in [-0.2, 0) is 4.52 Å². The minimum absolute atomic E-state index is 0. The first-order chi connectivity index (χ1) is 6.76. The van der Waals surface area contributed by atoms with Crippen LogP contribution in [0.2, 0.25) is 0 Å². The fourth-order valence-electron chi connectivity index (χ4n) is 1.23. The molecule has 0 aliphatic carbocycles. The maximum Gasteiger partial charge on any atom is 0.202 e. The molecule has 0 aliphatic rings. The SMILES string of the molecule is CCCC(OP)Oc1cccc(C)c1.Cl. The van der Waals surface area contributed by atoms with Gasteiger partial charge in [-0.05, 0) is 24.6 Å². The Hall–Kier alpha value is -0.300. The lowest BCUT2D eigenvalue weighted by atomic mass is 10.2. The molecule has 4 heteroatoms. The van der Waals surface area contributed by atoms with Gasteiger partial charge in [-0.2, -0.15) is 0 Å². The third kappa shape index (κ3) is 5.36. The molecule has 2 atom stereocenters. The first-order valence-corrected chi connectivity index (χ1v) is 5.32. The lowest BCUT2D eigenvalue weighted by Crippen LogP contribution is -2.15. The van der Waals surface area contributed by atoms with Crippen molar-refractivity contribution in [1.82, 2.24) is 0 Å². The molecule has 0 spiro atoms. The van der Waals surface area contributed by atoms with E-state index in [-0.39, 0.29) is 18.7 Å². The zero-order valence-corrected chi connectivity index (χ0v) is 11.1. The molecule has 0 heterocycles. The summed E-state index contributed by atoms with van der Waals surface area (Å²) in [5, 5.41) is 0. The highest BCUT2D eigenvalue weighted by Gasteiger charge is 2.07. The van der Waals surface area contributed by atoms with E-state index in [2.05, 4.69) is 16.4 Å². The van der Waals surface area contributed by atoms with E-state index in [1.54, 1.807) is 0 Å². The van der Waals surface area contributed by atoms with Gasteiger partial charge in [-0.3, -0.25) is 0 Å². The van der Waals surface area contributed by atoms with Gasteiger partial charge < -0.3 is 9.26 Å². The summed E-state index contributed by atoms with van der Waals surface area (Å²) < 4.78 is 10.8. The van der Waals surface area contributed by atoms with Crippen LogP contribution in [0, 0.1) is 6.92 Å². The molecule has 1 rings (SSSR count). The summed E-state index contributed by atoms with van der Waals surface area (Å²) >= 11 is 0. The summed E-state index contributed by atoms with van der Waals surface area (Å²) in [7, 11) is 2.25. The van der Waals surface area contributed by atoms with E-state index >= 15 is 0 Å². The summed E-state index contributed by atoms with van der Waals surface area (Å²) in [5.74, 6) is 0.867. The second-order valence-electron chi connectivity index (χ2n) is 3.29. The van der Waals surface area contributed by atoms with Crippen molar-refractivity contribution in [2.45, 2.75) is 33.0 Å². The fourth-order valence-corrected chi connectivity index (χ4v) is 1.42. The van der Waals surface area contributed by atoms with Crippen molar-refractivity contribution in [1.29, 1.82) is 0 Å². The second-order valence-corrected chi connectivity index (χ2v) is 3.56. The van der Waals surface area contributed by atoms with Crippen LogP contribution in [0.3, 0.4) is 0 Å². The highest BCUT2D eigenvalue weighted by molar-refractivity contribution is 7.09. The molecule has 0 saturated heterocycles. The van der Waals surface area contributed by atoms with Gasteiger partial charge in [0.1, 0.15) is 5.75 Å². The third-order valence-corrected chi connectivity index (χ3v) is 2.24. The van der Waals surface area contributed by atoms with Crippen molar-refractivity contribution in [2.75, 3.05) is 0 Å². The second kappa shape index (κ2) is 7.92. The van der Waals surface area contributed by atoms with Gasteiger partial charge in [0, 0.05) is 15.9 Å². The topological polar surface area (TPSA) is 18.5 Å². The third-order valence-electron chi connectivity index (χ3n) is 1.93. The van der Waals surface area contributed by atoms with Crippen LogP contribution in [0.25, 0.3) is 0 Å². The monoisotopic (exact) mass is 248 g/mol. The molecule has 0 bridgehead atoms. The highest BCUT2D eigenvalue weighted by atomic mass is 35.5. The molecule has 0 N–H and O–H groups in total. The maximum atomic E-state index is 5.64. The number of benzene rings is 1. The zero-order valence-electron chi connectivity index (χ0n) is 9.10. The van der Waals surface area contributed by atoms with E-state index < -0.39 is 0 Å². The number of hydrogen-bond donors (Lipinski definition) is 0. The molecule has 15 heavy (non-hydrogen) atoms. The molecule has 0 amide bonds. The van der Waals surface area contributed by atoms with Crippen molar-refractivity contribution in [3.63, 3.8) is 0 Å². The predicted molar refractivity (Wildman–Crippen MR) is 68.5 cm³/mol. The number of hydrogen-bond acceptors (Lipinski definition) is 2. The van der Waals surface area contributed by atoms with Gasteiger partial charge in [0.05, 0.1) is 0 Å². The van der Waals surface area contributed by atoms with E-state index in [1.807, 2.05) is 31.2 Å². The largest absolute Gasteiger partial charge is 0.465 e. The predicted octanol–water partition coefficient (Wildman–Crippen LogP) is 3.73. The average molecular weight is 249 g/mol. The van der Waals surface area contributed by atoms with Gasteiger partial charge >= 0.3 is 0 Å². The Kier molecular flexibility index (Phi) is 7.76. The van der Waals surface area contributed by atoms with Crippen LogP contribution in [0.15, 0.2) is 24.3 Å². The molecule has 0 fully saturated rings. The van der Waals surface area contributed by atoms with E-state index in [9.17, 15) is 0 Å². The Morgan fingerprint density at radius 1 is 1.40 bits per heavy atom. The van der Waals surface area contributed by atoms with Crippen molar-refractivity contribution in [3.8, 4) is 5.75 Å². The summed E-state index contributed by atoms with van der Waals surface area (Å²) in [6.45, 7) is 4.15. The quantitative estimate of drug-likeness (QED) is 0.584. The van der Waals surface area contributed by atoms with Crippen LogP contribution in [0.5, 0.6) is 5.75 Å². The summed E-state index contributed by atoms with van der Waals surface area (Å²) in [5.41, 5.74) is 1.20. The van der Waals surface area contributed by atoms with Gasteiger partial charge in [-0.1, -0.05) is 25.5 Å². The van der Waals surface area contributed by atoms with Gasteiger partial charge in [0.2, 0.25) is 6.29 Å². The van der Waals surface area contributed by atoms with Crippen molar-refractivity contribution in [3.05, 3.63) is 29.8 Å². The molecule has 0 aliphatic heterocycles. The Morgan fingerprint density at radius 3 is 2.67 bits per heavy atom. The van der Waals surface area contributed by atoms with Gasteiger partial charge in [0.25, 0.3) is 0 Å². The van der Waals surface area contributed by atoms with E-state index in [4.69, 9.17) is 9.26 Å². The number of rotatable bonds is 5. The molecule has 2 nitrogen and oxygen atoms in total. The molecular weight excluding hydrogens is 231 g/mol. The normalized spacial score (nSPS) is 11.7. The Morgan fingerprint density at radius 2 is 2.13 bits per heavy atom. The van der Waals surface area contributed by atoms with Crippen LogP contribution in [-0.4, -0.2) is 6.29 Å². The summed E-state index contributed by atoms with van der Waals surface area (Å²) in [6.07, 6.45) is 1.79. The number of halogens is 1. The highest BCUT2D eigenvalue weighted by Crippen LogP contribution is 2.17. The fraction of sp³-hybridized carbons (Fsp3) is 0.455. The van der Waals surface area contributed by atoms with Gasteiger partial charge in [0.15, 0.2) is 0 Å². The van der Waals surface area contributed by atoms with Crippen molar-refractivity contribution < 1.29 is 9.26 Å². The standard InChI is InChI=1S/C11H17O2P.ClH/c1-3-5-11(13-14)12-10-7-4-6-9(2)8-10;/h4,6-8,11H,3,5,14H2,1-2H3;1H. The number of aryl methyl sites for hydroxylation is 1. The lowest BCUT2D eigenvalue weighted by molar-refractivity contribution is 0.0142. The maximum absolute atomic E-state index is 5.64. The smallest absolute Gasteiger partial charge is 0.202 e. The van der Waals surface area contributed by atoms with Gasteiger partial charge in [-0.25, -0.2) is 0 Å². The van der Waals surface area contributed by atoms with Crippen molar-refractivity contribution in [2.24, 2.45) is 0 Å². The Balaban J connectivity index is 0.00000196. The van der Waals surface area contributed by atoms with Crippen molar-refractivity contribution >= 4 is 21.9 Å². The minimum atomic E-state index is -0.160. The summed E-state index contributed by atoms with van der Waals surface area (Å²) in [4.78, 5) is 0. The van der Waals surface area contributed by atoms with E-state index in [1.165, 1.54) is 5.56 Å². The van der Waals surface area contributed by atoms with E-state index in [0.717, 1.165) is 18.6 Å². The molecule has 2 unspecified atom stereocenters. The average Bonchev–Trinajstić information content (AvgIpc) is 2.17. The Labute approximate surface area is 100 Å². The Bertz CT molecular complexity index is 281. The van der Waals surface area contributed by atoms with Crippen LogP contribution in [0.4, 0.5) is 0 Å². The molecule has 1 aromatic rings. The zero-order chi connectivity index (χ0) is 10.4. The lowest BCUT2D eigenvalue weighted by Gasteiger charge is -2.16.